The molecule has 0 N–H and O–H groups in total. The summed E-state index contributed by atoms with van der Waals surface area (Å²) in [6, 6.07) is 5.75. The Morgan fingerprint density at radius 3 is 2.70 bits per heavy atom. The number of benzene rings is 1. The Bertz CT molecular complexity index is 548. The molecule has 1 fully saturated rings. The third-order valence-electron chi connectivity index (χ3n) is 4.26. The van der Waals surface area contributed by atoms with Gasteiger partial charge >= 0.3 is 0 Å². The molecular weight excluding hydrogens is 254 g/mol. The van der Waals surface area contributed by atoms with Crippen LogP contribution in [0.5, 0.6) is 0 Å². The zero-order valence-electron chi connectivity index (χ0n) is 11.7. The van der Waals surface area contributed by atoms with Crippen LogP contribution in [0, 0.1) is 17.0 Å². The average Bonchev–Trinajstić information content (AvgIpc) is 3.09. The molecule has 0 bridgehead atoms. The number of non-ortho nitro benzene ring substituents is 1. The fourth-order valence-corrected chi connectivity index (χ4v) is 3.16. The summed E-state index contributed by atoms with van der Waals surface area (Å²) < 4.78 is 0. The molecule has 0 radical (unpaired) electrons. The smallest absolute Gasteiger partial charge is 0.269 e. The molecule has 1 unspecified atom stereocenters. The van der Waals surface area contributed by atoms with Crippen molar-refractivity contribution in [3.8, 4) is 0 Å². The fraction of sp³-hybridized carbons (Fsp3) is 0.467. The molecule has 20 heavy (non-hydrogen) atoms. The van der Waals surface area contributed by atoms with Crippen molar-refractivity contribution in [2.24, 2.45) is 0 Å². The van der Waals surface area contributed by atoms with Crippen LogP contribution < -0.4 is 4.90 Å². The quantitative estimate of drug-likeness (QED) is 0.482. The van der Waals surface area contributed by atoms with Gasteiger partial charge in [0.15, 0.2) is 0 Å². The SMILES string of the molecule is Cc1cc([N+](=O)[O-])ccc1N1CCC(N2CC=CC2)C1. The third kappa shape index (κ3) is 2.41. The van der Waals surface area contributed by atoms with Crippen LogP contribution in [0.2, 0.25) is 0 Å². The standard InChI is InChI=1S/C15H19N3O2/c1-12-10-13(18(19)20)4-5-15(12)17-9-6-14(11-17)16-7-2-3-8-16/h2-5,10,14H,6-9,11H2,1H3. The highest BCUT2D eigenvalue weighted by Crippen LogP contribution is 2.29. The Kier molecular flexibility index (Phi) is 3.44. The predicted octanol–water partition coefficient (Wildman–Crippen LogP) is 2.35. The van der Waals surface area contributed by atoms with Crippen molar-refractivity contribution in [3.63, 3.8) is 0 Å². The molecule has 0 saturated carbocycles. The molecule has 5 heteroatoms. The number of hydrogen-bond donors (Lipinski definition) is 0. The van der Waals surface area contributed by atoms with E-state index in [1.54, 1.807) is 12.1 Å². The minimum absolute atomic E-state index is 0.172. The molecule has 3 rings (SSSR count). The molecule has 0 amide bonds. The van der Waals surface area contributed by atoms with Crippen LogP contribution in [-0.2, 0) is 0 Å². The van der Waals surface area contributed by atoms with Crippen molar-refractivity contribution in [2.45, 2.75) is 19.4 Å². The van der Waals surface area contributed by atoms with Gasteiger partial charge in [0.25, 0.3) is 5.69 Å². The van der Waals surface area contributed by atoms with E-state index in [0.717, 1.165) is 43.9 Å². The van der Waals surface area contributed by atoms with E-state index in [4.69, 9.17) is 0 Å². The van der Waals surface area contributed by atoms with Crippen LogP contribution in [0.4, 0.5) is 11.4 Å². The zero-order valence-corrected chi connectivity index (χ0v) is 11.7. The van der Waals surface area contributed by atoms with Crippen molar-refractivity contribution < 1.29 is 4.92 Å². The summed E-state index contributed by atoms with van der Waals surface area (Å²) in [6.07, 6.45) is 5.61. The number of nitro benzene ring substituents is 1. The topological polar surface area (TPSA) is 49.6 Å². The summed E-state index contributed by atoms with van der Waals surface area (Å²) in [5.41, 5.74) is 2.29. The van der Waals surface area contributed by atoms with Gasteiger partial charge in [0.05, 0.1) is 4.92 Å². The minimum atomic E-state index is -0.334. The summed E-state index contributed by atoms with van der Waals surface area (Å²) in [5, 5.41) is 10.8. The number of rotatable bonds is 3. The molecule has 0 spiro atoms. The van der Waals surface area contributed by atoms with Gasteiger partial charge in [-0.1, -0.05) is 12.2 Å². The fourth-order valence-electron chi connectivity index (χ4n) is 3.16. The molecule has 106 valence electrons. The highest BCUT2D eigenvalue weighted by molar-refractivity contribution is 5.58. The lowest BCUT2D eigenvalue weighted by Gasteiger charge is -2.25. The molecule has 2 heterocycles. The van der Waals surface area contributed by atoms with Crippen molar-refractivity contribution in [2.75, 3.05) is 31.1 Å². The van der Waals surface area contributed by atoms with Crippen LogP contribution in [0.1, 0.15) is 12.0 Å². The molecule has 2 aliphatic rings. The van der Waals surface area contributed by atoms with Crippen LogP contribution in [0.25, 0.3) is 0 Å². The van der Waals surface area contributed by atoms with E-state index in [-0.39, 0.29) is 10.6 Å². The van der Waals surface area contributed by atoms with Crippen molar-refractivity contribution >= 4 is 11.4 Å². The maximum Gasteiger partial charge on any atom is 0.269 e. The summed E-state index contributed by atoms with van der Waals surface area (Å²) in [6.45, 7) is 6.10. The summed E-state index contributed by atoms with van der Waals surface area (Å²) >= 11 is 0. The lowest BCUT2D eigenvalue weighted by Crippen LogP contribution is -2.35. The Hall–Kier alpha value is -1.88. The van der Waals surface area contributed by atoms with Crippen LogP contribution in [0.15, 0.2) is 30.4 Å². The second-order valence-corrected chi connectivity index (χ2v) is 5.54. The predicted molar refractivity (Wildman–Crippen MR) is 79.2 cm³/mol. The Morgan fingerprint density at radius 2 is 2.05 bits per heavy atom. The van der Waals surface area contributed by atoms with Gasteiger partial charge in [0.2, 0.25) is 0 Å². The van der Waals surface area contributed by atoms with E-state index in [2.05, 4.69) is 22.0 Å². The van der Waals surface area contributed by atoms with Crippen LogP contribution in [0.3, 0.4) is 0 Å². The minimum Gasteiger partial charge on any atom is -0.370 e. The van der Waals surface area contributed by atoms with Gasteiger partial charge in [-0.25, -0.2) is 0 Å². The van der Waals surface area contributed by atoms with E-state index in [9.17, 15) is 10.1 Å². The van der Waals surface area contributed by atoms with Gasteiger partial charge in [-0.05, 0) is 25.0 Å². The van der Waals surface area contributed by atoms with Crippen LogP contribution >= 0.6 is 0 Å². The van der Waals surface area contributed by atoms with Crippen molar-refractivity contribution in [1.29, 1.82) is 0 Å². The van der Waals surface area contributed by atoms with Gasteiger partial charge in [0.1, 0.15) is 0 Å². The highest BCUT2D eigenvalue weighted by Gasteiger charge is 2.28. The molecule has 1 aromatic rings. The lowest BCUT2D eigenvalue weighted by atomic mass is 10.1. The van der Waals surface area contributed by atoms with Crippen molar-refractivity contribution in [1.82, 2.24) is 4.90 Å². The first-order valence-electron chi connectivity index (χ1n) is 7.04. The molecule has 2 aliphatic heterocycles. The second kappa shape index (κ2) is 5.25. The monoisotopic (exact) mass is 273 g/mol. The lowest BCUT2D eigenvalue weighted by molar-refractivity contribution is -0.384. The van der Waals surface area contributed by atoms with Gasteiger partial charge in [-0.2, -0.15) is 0 Å². The third-order valence-corrected chi connectivity index (χ3v) is 4.26. The molecular formula is C15H19N3O2. The first-order valence-corrected chi connectivity index (χ1v) is 7.04. The average molecular weight is 273 g/mol. The van der Waals surface area contributed by atoms with Gasteiger partial charge in [-0.15, -0.1) is 0 Å². The number of hydrogen-bond acceptors (Lipinski definition) is 4. The number of nitro groups is 1. The largest absolute Gasteiger partial charge is 0.370 e. The summed E-state index contributed by atoms with van der Waals surface area (Å²) in [7, 11) is 0. The normalized spacial score (nSPS) is 22.6. The number of nitrogens with zero attached hydrogens (tertiary/aromatic N) is 3. The Balaban J connectivity index is 1.72. The van der Waals surface area contributed by atoms with Gasteiger partial charge in [0, 0.05) is 50.0 Å². The summed E-state index contributed by atoms with van der Waals surface area (Å²) in [4.78, 5) is 15.3. The Morgan fingerprint density at radius 1 is 1.30 bits per heavy atom. The van der Waals surface area contributed by atoms with Gasteiger partial charge < -0.3 is 4.90 Å². The Labute approximate surface area is 118 Å². The molecule has 0 aliphatic carbocycles. The molecule has 1 aromatic carbocycles. The molecule has 5 nitrogen and oxygen atoms in total. The van der Waals surface area contributed by atoms with E-state index in [1.165, 1.54) is 0 Å². The first-order chi connectivity index (χ1) is 9.65. The number of anilines is 1. The first kappa shape index (κ1) is 13.1. The molecule has 1 atom stereocenters. The van der Waals surface area contributed by atoms with Crippen LogP contribution in [-0.4, -0.2) is 42.0 Å². The van der Waals surface area contributed by atoms with Crippen molar-refractivity contribution in [3.05, 3.63) is 46.0 Å². The van der Waals surface area contributed by atoms with E-state index < -0.39 is 0 Å². The second-order valence-electron chi connectivity index (χ2n) is 5.54. The zero-order chi connectivity index (χ0) is 14.1. The highest BCUT2D eigenvalue weighted by atomic mass is 16.6. The number of aryl methyl sites for hydroxylation is 1. The van der Waals surface area contributed by atoms with Gasteiger partial charge in [-0.3, -0.25) is 15.0 Å². The van der Waals surface area contributed by atoms with E-state index in [0.29, 0.717) is 6.04 Å². The molecule has 1 saturated heterocycles. The maximum atomic E-state index is 10.8. The van der Waals surface area contributed by atoms with E-state index >= 15 is 0 Å². The maximum absolute atomic E-state index is 10.8. The van der Waals surface area contributed by atoms with E-state index in [1.807, 2.05) is 13.0 Å². The summed E-state index contributed by atoms with van der Waals surface area (Å²) in [5.74, 6) is 0. The molecule has 0 aromatic heterocycles.